The summed E-state index contributed by atoms with van der Waals surface area (Å²) in [6.45, 7) is 1.44. The fourth-order valence-corrected chi connectivity index (χ4v) is 2.22. The van der Waals surface area contributed by atoms with Crippen molar-refractivity contribution in [2.45, 2.75) is 13.1 Å². The number of rotatable bonds is 5. The average molecular weight is 371 g/mol. The van der Waals surface area contributed by atoms with Gasteiger partial charge in [-0.25, -0.2) is 5.43 Å². The van der Waals surface area contributed by atoms with Crippen LogP contribution in [0.1, 0.15) is 16.7 Å². The number of ether oxygens (including phenoxy) is 1. The highest BCUT2D eigenvalue weighted by Gasteiger charge is 2.32. The van der Waals surface area contributed by atoms with E-state index >= 15 is 0 Å². The smallest absolute Gasteiger partial charge is 0.417 e. The number of amides is 1. The van der Waals surface area contributed by atoms with Crippen molar-refractivity contribution in [1.29, 1.82) is 0 Å². The zero-order chi connectivity index (χ0) is 18.4. The second-order valence-corrected chi connectivity index (χ2v) is 5.51. The molecular weight excluding hydrogens is 357 g/mol. The standard InChI is InChI=1S/C17H14ClF3N2O2/c1-11-8-13(18)6-7-15(11)25-10-16(24)23-22-9-12-4-2-3-5-14(12)17(19,20)21/h2-9H,10H2,1H3,(H,23,24)/b22-9+. The topological polar surface area (TPSA) is 50.7 Å². The van der Waals surface area contributed by atoms with Gasteiger partial charge in [0.1, 0.15) is 5.75 Å². The number of aryl methyl sites for hydroxylation is 1. The Morgan fingerprint density at radius 2 is 2.00 bits per heavy atom. The molecule has 0 bridgehead atoms. The number of benzene rings is 2. The van der Waals surface area contributed by atoms with Crippen molar-refractivity contribution in [2.24, 2.45) is 5.10 Å². The number of alkyl halides is 3. The number of nitrogens with one attached hydrogen (secondary N) is 1. The van der Waals surface area contributed by atoms with Crippen molar-refractivity contribution in [1.82, 2.24) is 5.43 Å². The molecule has 0 unspecified atom stereocenters. The van der Waals surface area contributed by atoms with Crippen LogP contribution in [-0.2, 0) is 11.0 Å². The predicted molar refractivity (Wildman–Crippen MR) is 88.9 cm³/mol. The molecular formula is C17H14ClF3N2O2. The van der Waals surface area contributed by atoms with Crippen LogP contribution in [0.25, 0.3) is 0 Å². The van der Waals surface area contributed by atoms with E-state index in [9.17, 15) is 18.0 Å². The lowest BCUT2D eigenvalue weighted by molar-refractivity contribution is -0.137. The van der Waals surface area contributed by atoms with Crippen molar-refractivity contribution in [3.8, 4) is 5.75 Å². The lowest BCUT2D eigenvalue weighted by Gasteiger charge is -2.09. The molecule has 0 fully saturated rings. The zero-order valence-corrected chi connectivity index (χ0v) is 13.9. The van der Waals surface area contributed by atoms with Crippen LogP contribution in [-0.4, -0.2) is 18.7 Å². The molecule has 132 valence electrons. The van der Waals surface area contributed by atoms with E-state index in [0.29, 0.717) is 10.8 Å². The van der Waals surface area contributed by atoms with Crippen LogP contribution in [0.15, 0.2) is 47.6 Å². The Bertz CT molecular complexity index is 792. The molecule has 0 heterocycles. The van der Waals surface area contributed by atoms with Gasteiger partial charge in [0, 0.05) is 10.6 Å². The van der Waals surface area contributed by atoms with Crippen LogP contribution in [0.3, 0.4) is 0 Å². The molecule has 2 rings (SSSR count). The van der Waals surface area contributed by atoms with Gasteiger partial charge >= 0.3 is 6.18 Å². The third-order valence-electron chi connectivity index (χ3n) is 3.15. The third-order valence-corrected chi connectivity index (χ3v) is 3.39. The van der Waals surface area contributed by atoms with E-state index < -0.39 is 17.6 Å². The van der Waals surface area contributed by atoms with Gasteiger partial charge < -0.3 is 4.74 Å². The van der Waals surface area contributed by atoms with Crippen molar-refractivity contribution < 1.29 is 22.7 Å². The predicted octanol–water partition coefficient (Wildman–Crippen LogP) is 4.20. The lowest BCUT2D eigenvalue weighted by atomic mass is 10.1. The first-order chi connectivity index (χ1) is 11.8. The summed E-state index contributed by atoms with van der Waals surface area (Å²) < 4.78 is 43.8. The number of hydrogen-bond donors (Lipinski definition) is 1. The number of carbonyl (C=O) groups is 1. The van der Waals surface area contributed by atoms with Gasteiger partial charge in [-0.15, -0.1) is 0 Å². The first kappa shape index (κ1) is 18.8. The Kier molecular flexibility index (Phi) is 6.03. The Hall–Kier alpha value is -2.54. The molecule has 0 spiro atoms. The summed E-state index contributed by atoms with van der Waals surface area (Å²) in [4.78, 5) is 11.7. The van der Waals surface area contributed by atoms with Gasteiger partial charge in [0.15, 0.2) is 6.61 Å². The van der Waals surface area contributed by atoms with Crippen molar-refractivity contribution in [3.05, 3.63) is 64.2 Å². The molecule has 0 aliphatic rings. The van der Waals surface area contributed by atoms with E-state index in [0.717, 1.165) is 17.8 Å². The highest BCUT2D eigenvalue weighted by molar-refractivity contribution is 6.30. The minimum atomic E-state index is -4.50. The molecule has 25 heavy (non-hydrogen) atoms. The van der Waals surface area contributed by atoms with Crippen LogP contribution in [0.2, 0.25) is 5.02 Å². The van der Waals surface area contributed by atoms with Crippen molar-refractivity contribution in [2.75, 3.05) is 6.61 Å². The normalized spacial score (nSPS) is 11.6. The summed E-state index contributed by atoms with van der Waals surface area (Å²) in [5, 5.41) is 4.08. The minimum absolute atomic E-state index is 0.148. The highest BCUT2D eigenvalue weighted by Crippen LogP contribution is 2.31. The maximum atomic E-state index is 12.8. The summed E-state index contributed by atoms with van der Waals surface area (Å²) in [6.07, 6.45) is -3.56. The van der Waals surface area contributed by atoms with E-state index in [1.165, 1.54) is 18.2 Å². The van der Waals surface area contributed by atoms with Crippen LogP contribution >= 0.6 is 11.6 Å². The largest absolute Gasteiger partial charge is 0.483 e. The van der Waals surface area contributed by atoms with Crippen molar-refractivity contribution in [3.63, 3.8) is 0 Å². The number of halogens is 4. The fourth-order valence-electron chi connectivity index (χ4n) is 1.99. The van der Waals surface area contributed by atoms with E-state index in [-0.39, 0.29) is 12.2 Å². The molecule has 1 amide bonds. The fraction of sp³-hybridized carbons (Fsp3) is 0.176. The summed E-state index contributed by atoms with van der Waals surface area (Å²) in [6, 6.07) is 9.84. The Balaban J connectivity index is 1.93. The summed E-state index contributed by atoms with van der Waals surface area (Å²) in [5.41, 5.74) is 1.89. The molecule has 2 aromatic carbocycles. The van der Waals surface area contributed by atoms with Gasteiger partial charge in [0.25, 0.3) is 5.91 Å². The van der Waals surface area contributed by atoms with Crippen LogP contribution in [0.4, 0.5) is 13.2 Å². The molecule has 8 heteroatoms. The van der Waals surface area contributed by atoms with Gasteiger partial charge in [-0.05, 0) is 36.8 Å². The van der Waals surface area contributed by atoms with Gasteiger partial charge in [-0.3, -0.25) is 4.79 Å². The molecule has 0 saturated carbocycles. The maximum absolute atomic E-state index is 12.8. The summed E-state index contributed by atoms with van der Waals surface area (Å²) in [7, 11) is 0. The van der Waals surface area contributed by atoms with E-state index in [1.807, 2.05) is 0 Å². The van der Waals surface area contributed by atoms with E-state index in [2.05, 4.69) is 10.5 Å². The SMILES string of the molecule is Cc1cc(Cl)ccc1OCC(=O)N/N=C/c1ccccc1C(F)(F)F. The first-order valence-corrected chi connectivity index (χ1v) is 7.52. The molecule has 0 atom stereocenters. The molecule has 0 aliphatic heterocycles. The maximum Gasteiger partial charge on any atom is 0.417 e. The van der Waals surface area contributed by atoms with E-state index in [4.69, 9.17) is 16.3 Å². The first-order valence-electron chi connectivity index (χ1n) is 7.14. The zero-order valence-electron chi connectivity index (χ0n) is 13.1. The molecule has 2 aromatic rings. The summed E-state index contributed by atoms with van der Waals surface area (Å²) >= 11 is 5.82. The molecule has 0 aromatic heterocycles. The minimum Gasteiger partial charge on any atom is -0.483 e. The summed E-state index contributed by atoms with van der Waals surface area (Å²) in [5.74, 6) is -0.124. The van der Waals surface area contributed by atoms with Crippen molar-refractivity contribution >= 4 is 23.7 Å². The van der Waals surface area contributed by atoms with Gasteiger partial charge in [-0.2, -0.15) is 18.3 Å². The highest BCUT2D eigenvalue weighted by atomic mass is 35.5. The molecule has 4 nitrogen and oxygen atoms in total. The van der Waals surface area contributed by atoms with Crippen LogP contribution in [0.5, 0.6) is 5.75 Å². The van der Waals surface area contributed by atoms with Gasteiger partial charge in [-0.1, -0.05) is 29.8 Å². The number of hydrogen-bond acceptors (Lipinski definition) is 3. The Labute approximate surface area is 147 Å². The second-order valence-electron chi connectivity index (χ2n) is 5.08. The molecule has 1 N–H and O–H groups in total. The van der Waals surface area contributed by atoms with E-state index in [1.54, 1.807) is 25.1 Å². The quantitative estimate of drug-likeness (QED) is 0.633. The number of nitrogens with zero attached hydrogens (tertiary/aromatic N) is 1. The lowest BCUT2D eigenvalue weighted by Crippen LogP contribution is -2.25. The monoisotopic (exact) mass is 370 g/mol. The number of hydrazone groups is 1. The molecule has 0 radical (unpaired) electrons. The average Bonchev–Trinajstić information content (AvgIpc) is 2.53. The van der Waals surface area contributed by atoms with Crippen LogP contribution in [0, 0.1) is 6.92 Å². The Morgan fingerprint density at radius 1 is 1.28 bits per heavy atom. The molecule has 0 saturated heterocycles. The van der Waals surface area contributed by atoms with Gasteiger partial charge in [0.2, 0.25) is 0 Å². The third kappa shape index (κ3) is 5.49. The second kappa shape index (κ2) is 8.02. The van der Waals surface area contributed by atoms with Gasteiger partial charge in [0.05, 0.1) is 11.8 Å². The number of carbonyl (C=O) groups excluding carboxylic acids is 1. The molecule has 0 aliphatic carbocycles. The Morgan fingerprint density at radius 3 is 2.68 bits per heavy atom. The van der Waals surface area contributed by atoms with Crippen LogP contribution < -0.4 is 10.2 Å².